The zero-order chi connectivity index (χ0) is 23.5. The lowest BCUT2D eigenvalue weighted by atomic mass is 10.1. The van der Waals surface area contributed by atoms with E-state index in [1.165, 1.54) is 36.0 Å². The Morgan fingerprint density at radius 3 is 2.55 bits per heavy atom. The maximum atomic E-state index is 13.2. The zero-order valence-electron chi connectivity index (χ0n) is 17.7. The van der Waals surface area contributed by atoms with Crippen molar-refractivity contribution in [2.75, 3.05) is 12.3 Å². The summed E-state index contributed by atoms with van der Waals surface area (Å²) in [4.78, 5) is 24.9. The quantitative estimate of drug-likeness (QED) is 0.437. The van der Waals surface area contributed by atoms with Crippen LogP contribution in [0.2, 0.25) is 0 Å². The highest BCUT2D eigenvalue weighted by Gasteiger charge is 2.18. The summed E-state index contributed by atoms with van der Waals surface area (Å²) in [5.41, 5.74) is 7.23. The molecular weight excluding hydrogens is 425 g/mol. The number of anilines is 1. The van der Waals surface area contributed by atoms with Crippen molar-refractivity contribution < 1.29 is 9.18 Å². The number of aryl methyl sites for hydroxylation is 2. The van der Waals surface area contributed by atoms with Crippen molar-refractivity contribution in [1.29, 1.82) is 5.26 Å². The van der Waals surface area contributed by atoms with Gasteiger partial charge in [-0.25, -0.2) is 13.8 Å². The van der Waals surface area contributed by atoms with Crippen LogP contribution in [0.25, 0.3) is 16.5 Å². The van der Waals surface area contributed by atoms with Gasteiger partial charge in [-0.2, -0.15) is 15.5 Å². The second-order valence-corrected chi connectivity index (χ2v) is 7.39. The Balaban J connectivity index is 1.46. The monoisotopic (exact) mass is 445 g/mol. The molecule has 4 aromatic rings. The normalized spacial score (nSPS) is 10.8. The van der Waals surface area contributed by atoms with Gasteiger partial charge < -0.3 is 11.1 Å². The highest BCUT2D eigenvalue weighted by atomic mass is 19.1. The number of nitriles is 1. The molecule has 0 saturated heterocycles. The van der Waals surface area contributed by atoms with Gasteiger partial charge in [0.2, 0.25) is 0 Å². The summed E-state index contributed by atoms with van der Waals surface area (Å²) in [5.74, 6) is -0.621. The molecule has 0 fully saturated rings. The van der Waals surface area contributed by atoms with E-state index in [1.807, 2.05) is 0 Å². The minimum Gasteiger partial charge on any atom is -0.382 e. The Kier molecular flexibility index (Phi) is 5.87. The summed E-state index contributed by atoms with van der Waals surface area (Å²) in [6.45, 7) is 0.297. The van der Waals surface area contributed by atoms with Gasteiger partial charge in [0.05, 0.1) is 16.8 Å². The second kappa shape index (κ2) is 8.92. The number of nitrogen functional groups attached to an aromatic ring is 1. The lowest BCUT2D eigenvalue weighted by Gasteiger charge is -2.08. The molecule has 166 valence electrons. The summed E-state index contributed by atoms with van der Waals surface area (Å²) in [7, 11) is 1.50. The van der Waals surface area contributed by atoms with Gasteiger partial charge in [-0.1, -0.05) is 18.2 Å². The van der Waals surface area contributed by atoms with Gasteiger partial charge in [-0.15, -0.1) is 0 Å². The molecule has 0 aliphatic carbocycles. The molecule has 0 spiro atoms. The van der Waals surface area contributed by atoms with Crippen LogP contribution < -0.4 is 16.6 Å². The van der Waals surface area contributed by atoms with Gasteiger partial charge in [-0.3, -0.25) is 9.59 Å². The maximum absolute atomic E-state index is 13.2. The number of nitrogens with two attached hydrogens (primary N) is 1. The van der Waals surface area contributed by atoms with Gasteiger partial charge in [0.15, 0.2) is 5.69 Å². The average molecular weight is 445 g/mol. The molecule has 0 aliphatic rings. The minimum absolute atomic E-state index is 0.162. The van der Waals surface area contributed by atoms with E-state index in [-0.39, 0.29) is 28.5 Å². The Hall–Kier alpha value is -4.52. The molecule has 0 bridgehead atoms. The summed E-state index contributed by atoms with van der Waals surface area (Å²) in [5, 5.41) is 21.7. The van der Waals surface area contributed by atoms with Gasteiger partial charge in [0, 0.05) is 19.0 Å². The number of nitrogens with one attached hydrogen (secondary N) is 1. The SMILES string of the molecule is Cn1nc(C(=O)NCCCc2nn(-c3ccc(F)cc3)c(N)c2C#N)c2ccccc2c1=O. The van der Waals surface area contributed by atoms with Crippen LogP contribution in [0.15, 0.2) is 53.3 Å². The largest absolute Gasteiger partial charge is 0.382 e. The predicted octanol–water partition coefficient (Wildman–Crippen LogP) is 2.07. The van der Waals surface area contributed by atoms with Crippen molar-refractivity contribution in [2.24, 2.45) is 7.05 Å². The smallest absolute Gasteiger partial charge is 0.274 e. The van der Waals surface area contributed by atoms with Crippen LogP contribution >= 0.6 is 0 Å². The van der Waals surface area contributed by atoms with E-state index in [1.54, 1.807) is 24.3 Å². The molecular formula is C23H20FN7O2. The number of amides is 1. The molecule has 0 radical (unpaired) electrons. The summed E-state index contributed by atoms with van der Waals surface area (Å²) in [6, 6.07) is 14.5. The van der Waals surface area contributed by atoms with E-state index in [0.29, 0.717) is 41.5 Å². The average Bonchev–Trinajstić information content (AvgIpc) is 3.14. The Bertz CT molecular complexity index is 1450. The number of carbonyl (C=O) groups is 1. The van der Waals surface area contributed by atoms with Gasteiger partial charge in [0.1, 0.15) is 23.3 Å². The van der Waals surface area contributed by atoms with Crippen LogP contribution in [0, 0.1) is 17.1 Å². The summed E-state index contributed by atoms with van der Waals surface area (Å²) >= 11 is 0. The molecule has 0 aliphatic heterocycles. The molecule has 9 nitrogen and oxygen atoms in total. The summed E-state index contributed by atoms with van der Waals surface area (Å²) < 4.78 is 15.7. The molecule has 2 aromatic heterocycles. The summed E-state index contributed by atoms with van der Waals surface area (Å²) in [6.07, 6.45) is 0.882. The van der Waals surface area contributed by atoms with E-state index >= 15 is 0 Å². The van der Waals surface area contributed by atoms with Crippen LogP contribution in [-0.2, 0) is 13.5 Å². The Morgan fingerprint density at radius 2 is 1.85 bits per heavy atom. The van der Waals surface area contributed by atoms with Crippen LogP contribution in [0.3, 0.4) is 0 Å². The molecule has 33 heavy (non-hydrogen) atoms. The molecule has 3 N–H and O–H groups in total. The van der Waals surface area contributed by atoms with Gasteiger partial charge in [0.25, 0.3) is 11.5 Å². The molecule has 2 aromatic carbocycles. The fourth-order valence-electron chi connectivity index (χ4n) is 3.56. The van der Waals surface area contributed by atoms with E-state index in [4.69, 9.17) is 5.73 Å². The van der Waals surface area contributed by atoms with Crippen LogP contribution in [-0.4, -0.2) is 32.0 Å². The molecule has 0 unspecified atom stereocenters. The topological polar surface area (TPSA) is 132 Å². The number of hydrogen-bond acceptors (Lipinski definition) is 6. The lowest BCUT2D eigenvalue weighted by molar-refractivity contribution is 0.0948. The van der Waals surface area contributed by atoms with Crippen LogP contribution in [0.5, 0.6) is 0 Å². The fourth-order valence-corrected chi connectivity index (χ4v) is 3.56. The molecule has 10 heteroatoms. The van der Waals surface area contributed by atoms with Gasteiger partial charge >= 0.3 is 0 Å². The minimum atomic E-state index is -0.404. The van der Waals surface area contributed by atoms with Crippen molar-refractivity contribution in [3.05, 3.63) is 81.7 Å². The maximum Gasteiger partial charge on any atom is 0.274 e. The number of hydrogen-bond donors (Lipinski definition) is 2. The first-order chi connectivity index (χ1) is 15.9. The number of rotatable bonds is 6. The Labute approximate surface area is 187 Å². The first kappa shape index (κ1) is 21.7. The molecule has 1 amide bonds. The number of benzene rings is 2. The zero-order valence-corrected chi connectivity index (χ0v) is 17.7. The number of carbonyl (C=O) groups excluding carboxylic acids is 1. The standard InChI is InChI=1S/C23H20FN7O2/c1-30-23(33)17-6-3-2-5-16(17)20(29-30)22(32)27-12-4-7-19-18(13-25)21(26)31(28-19)15-10-8-14(24)9-11-15/h2-3,5-6,8-11H,4,7,12,26H2,1H3,(H,27,32). The van der Waals surface area contributed by atoms with Crippen molar-refractivity contribution in [2.45, 2.75) is 12.8 Å². The van der Waals surface area contributed by atoms with E-state index in [2.05, 4.69) is 21.6 Å². The predicted molar refractivity (Wildman–Crippen MR) is 120 cm³/mol. The molecule has 4 rings (SSSR count). The lowest BCUT2D eigenvalue weighted by Crippen LogP contribution is -2.30. The van der Waals surface area contributed by atoms with E-state index in [0.717, 1.165) is 4.68 Å². The first-order valence-corrected chi connectivity index (χ1v) is 10.2. The highest BCUT2D eigenvalue weighted by Crippen LogP contribution is 2.21. The molecule has 2 heterocycles. The molecule has 0 saturated carbocycles. The second-order valence-electron chi connectivity index (χ2n) is 7.39. The molecule has 0 atom stereocenters. The third kappa shape index (κ3) is 4.16. The number of nitrogens with zero attached hydrogens (tertiary/aromatic N) is 5. The highest BCUT2D eigenvalue weighted by molar-refractivity contribution is 6.04. The number of aromatic nitrogens is 4. The van der Waals surface area contributed by atoms with Crippen molar-refractivity contribution in [3.63, 3.8) is 0 Å². The fraction of sp³-hybridized carbons (Fsp3) is 0.174. The van der Waals surface area contributed by atoms with Gasteiger partial charge in [-0.05, 0) is 43.2 Å². The van der Waals surface area contributed by atoms with Crippen LogP contribution in [0.1, 0.15) is 28.2 Å². The van der Waals surface area contributed by atoms with Crippen LogP contribution in [0.4, 0.5) is 10.2 Å². The third-order valence-electron chi connectivity index (χ3n) is 5.22. The van der Waals surface area contributed by atoms with Crippen molar-refractivity contribution >= 4 is 22.5 Å². The third-order valence-corrected chi connectivity index (χ3v) is 5.22. The number of halogens is 1. The van der Waals surface area contributed by atoms with E-state index in [9.17, 15) is 19.2 Å². The van der Waals surface area contributed by atoms with E-state index < -0.39 is 5.91 Å². The van der Waals surface area contributed by atoms with Crippen molar-refractivity contribution in [1.82, 2.24) is 24.9 Å². The number of fused-ring (bicyclic) bond motifs is 1. The van der Waals surface area contributed by atoms with Crippen molar-refractivity contribution in [3.8, 4) is 11.8 Å². The first-order valence-electron chi connectivity index (χ1n) is 10.2. The Morgan fingerprint density at radius 1 is 1.15 bits per heavy atom.